The predicted molar refractivity (Wildman–Crippen MR) is 57.0 cm³/mol. The molecule has 0 spiro atoms. The van der Waals surface area contributed by atoms with Gasteiger partial charge in [-0.05, 0) is 12.8 Å². The first kappa shape index (κ1) is 13.4. The minimum atomic E-state index is 0.0339. The van der Waals surface area contributed by atoms with Crippen LogP contribution in [-0.4, -0.2) is 43.7 Å². The summed E-state index contributed by atoms with van der Waals surface area (Å²) in [5.74, 6) is 0.0339. The van der Waals surface area contributed by atoms with E-state index in [9.17, 15) is 4.79 Å². The molecule has 0 aromatic carbocycles. The highest BCUT2D eigenvalue weighted by molar-refractivity contribution is 5.77. The van der Waals surface area contributed by atoms with E-state index in [1.54, 1.807) is 0 Å². The molecule has 0 saturated carbocycles. The van der Waals surface area contributed by atoms with Crippen molar-refractivity contribution in [1.29, 1.82) is 0 Å². The number of rotatable bonds is 7. The van der Waals surface area contributed by atoms with E-state index >= 15 is 0 Å². The third kappa shape index (κ3) is 4.07. The van der Waals surface area contributed by atoms with E-state index in [1.807, 2.05) is 4.90 Å². The molecule has 0 bridgehead atoms. The molecule has 0 heterocycles. The Morgan fingerprint density at radius 3 is 2.36 bits per heavy atom. The molecule has 0 aliphatic heterocycles. The van der Waals surface area contributed by atoms with Crippen molar-refractivity contribution in [3.8, 4) is 0 Å². The van der Waals surface area contributed by atoms with Crippen molar-refractivity contribution in [1.82, 2.24) is 4.90 Å². The minimum absolute atomic E-state index is 0.0339. The van der Waals surface area contributed by atoms with Crippen molar-refractivity contribution in [3.05, 3.63) is 0 Å². The molecule has 0 unspecified atom stereocenters. The van der Waals surface area contributed by atoms with Gasteiger partial charge in [0.15, 0.2) is 0 Å². The maximum atomic E-state index is 11.6. The Morgan fingerprint density at radius 2 is 2.00 bits per heavy atom. The summed E-state index contributed by atoms with van der Waals surface area (Å²) >= 11 is 0. The highest BCUT2D eigenvalue weighted by Crippen LogP contribution is 2.08. The number of carbonyl (C=O) groups excluding carboxylic acids is 1. The van der Waals surface area contributed by atoms with Gasteiger partial charge < -0.3 is 15.4 Å². The zero-order chi connectivity index (χ0) is 11.0. The Bertz CT molecular complexity index is 158. The molecule has 0 saturated heterocycles. The van der Waals surface area contributed by atoms with Crippen LogP contribution in [0.4, 0.5) is 0 Å². The van der Waals surface area contributed by atoms with E-state index in [1.165, 1.54) is 7.11 Å². The fraction of sp³-hybridized carbons (Fsp3) is 0.900. The van der Waals surface area contributed by atoms with Gasteiger partial charge in [-0.2, -0.15) is 0 Å². The lowest BCUT2D eigenvalue weighted by molar-refractivity contribution is -0.137. The standard InChI is InChI=1S/C10H22N2O2/c1-4-9(5-2)12(7-6-11)10(13)8-14-3/h9H,4-8,11H2,1-3H3. The van der Waals surface area contributed by atoms with Crippen LogP contribution in [0.15, 0.2) is 0 Å². The summed E-state index contributed by atoms with van der Waals surface area (Å²) in [6.45, 7) is 5.44. The third-order valence-corrected chi connectivity index (χ3v) is 2.34. The number of hydrogen-bond acceptors (Lipinski definition) is 3. The Labute approximate surface area is 86.4 Å². The lowest BCUT2D eigenvalue weighted by atomic mass is 10.1. The largest absolute Gasteiger partial charge is 0.375 e. The number of ether oxygens (including phenoxy) is 1. The van der Waals surface area contributed by atoms with Gasteiger partial charge in [0.25, 0.3) is 0 Å². The lowest BCUT2D eigenvalue weighted by Gasteiger charge is -2.30. The smallest absolute Gasteiger partial charge is 0.248 e. The highest BCUT2D eigenvalue weighted by Gasteiger charge is 2.19. The van der Waals surface area contributed by atoms with Gasteiger partial charge in [-0.15, -0.1) is 0 Å². The second-order valence-corrected chi connectivity index (χ2v) is 3.28. The van der Waals surface area contributed by atoms with E-state index in [4.69, 9.17) is 10.5 Å². The summed E-state index contributed by atoms with van der Waals surface area (Å²) in [6.07, 6.45) is 1.93. The molecule has 4 nitrogen and oxygen atoms in total. The van der Waals surface area contributed by atoms with E-state index in [2.05, 4.69) is 13.8 Å². The highest BCUT2D eigenvalue weighted by atomic mass is 16.5. The molecule has 2 N–H and O–H groups in total. The van der Waals surface area contributed by atoms with Crippen molar-refractivity contribution in [2.45, 2.75) is 32.7 Å². The van der Waals surface area contributed by atoms with Gasteiger partial charge in [-0.3, -0.25) is 4.79 Å². The molecule has 4 heteroatoms. The maximum absolute atomic E-state index is 11.6. The molecule has 0 radical (unpaired) electrons. The van der Waals surface area contributed by atoms with Crippen LogP contribution in [0.3, 0.4) is 0 Å². The molecular formula is C10H22N2O2. The Hall–Kier alpha value is -0.610. The van der Waals surface area contributed by atoms with E-state index in [0.29, 0.717) is 19.1 Å². The first-order valence-electron chi connectivity index (χ1n) is 5.19. The number of carbonyl (C=O) groups is 1. The molecule has 0 aliphatic carbocycles. The Morgan fingerprint density at radius 1 is 1.43 bits per heavy atom. The van der Waals surface area contributed by atoms with Crippen LogP contribution in [-0.2, 0) is 9.53 Å². The van der Waals surface area contributed by atoms with Gasteiger partial charge in [-0.25, -0.2) is 0 Å². The SMILES string of the molecule is CCC(CC)N(CCN)C(=O)COC. The first-order chi connectivity index (χ1) is 6.71. The normalized spacial score (nSPS) is 10.6. The monoisotopic (exact) mass is 202 g/mol. The molecule has 0 fully saturated rings. The summed E-state index contributed by atoms with van der Waals surface area (Å²) < 4.78 is 4.84. The van der Waals surface area contributed by atoms with Crippen LogP contribution in [0.25, 0.3) is 0 Å². The van der Waals surface area contributed by atoms with Gasteiger partial charge in [0.05, 0.1) is 0 Å². The molecule has 0 rings (SSSR count). The van der Waals surface area contributed by atoms with E-state index in [0.717, 1.165) is 12.8 Å². The number of nitrogens with zero attached hydrogens (tertiary/aromatic N) is 1. The summed E-state index contributed by atoms with van der Waals surface area (Å²) in [5, 5.41) is 0. The molecule has 0 aromatic rings. The van der Waals surface area contributed by atoms with Gasteiger partial charge in [-0.1, -0.05) is 13.8 Å². The van der Waals surface area contributed by atoms with Crippen LogP contribution >= 0.6 is 0 Å². The fourth-order valence-corrected chi connectivity index (χ4v) is 1.59. The summed E-state index contributed by atoms with van der Waals surface area (Å²) in [6, 6.07) is 0.293. The third-order valence-electron chi connectivity index (χ3n) is 2.34. The molecule has 0 atom stereocenters. The summed E-state index contributed by atoms with van der Waals surface area (Å²) in [5.41, 5.74) is 5.48. The minimum Gasteiger partial charge on any atom is -0.375 e. The van der Waals surface area contributed by atoms with Gasteiger partial charge >= 0.3 is 0 Å². The van der Waals surface area contributed by atoms with Crippen LogP contribution < -0.4 is 5.73 Å². The van der Waals surface area contributed by atoms with Crippen molar-refractivity contribution in [2.24, 2.45) is 5.73 Å². The molecule has 0 aliphatic rings. The topological polar surface area (TPSA) is 55.6 Å². The van der Waals surface area contributed by atoms with Crippen LogP contribution in [0, 0.1) is 0 Å². The second kappa shape index (κ2) is 7.76. The van der Waals surface area contributed by atoms with Gasteiger partial charge in [0.1, 0.15) is 6.61 Å². The van der Waals surface area contributed by atoms with Gasteiger partial charge in [0.2, 0.25) is 5.91 Å². The van der Waals surface area contributed by atoms with E-state index in [-0.39, 0.29) is 12.5 Å². The Kier molecular flexibility index (Phi) is 7.42. The summed E-state index contributed by atoms with van der Waals surface area (Å²) in [7, 11) is 1.53. The number of methoxy groups -OCH3 is 1. The number of hydrogen-bond donors (Lipinski definition) is 1. The molecule has 14 heavy (non-hydrogen) atoms. The maximum Gasteiger partial charge on any atom is 0.248 e. The molecule has 1 amide bonds. The average molecular weight is 202 g/mol. The molecular weight excluding hydrogens is 180 g/mol. The van der Waals surface area contributed by atoms with Crippen LogP contribution in [0.5, 0.6) is 0 Å². The Balaban J connectivity index is 4.31. The molecule has 84 valence electrons. The quantitative estimate of drug-likeness (QED) is 0.658. The van der Waals surface area contributed by atoms with Crippen molar-refractivity contribution >= 4 is 5.91 Å². The first-order valence-corrected chi connectivity index (χ1v) is 5.19. The summed E-state index contributed by atoms with van der Waals surface area (Å²) in [4.78, 5) is 13.5. The second-order valence-electron chi connectivity index (χ2n) is 3.28. The zero-order valence-corrected chi connectivity index (χ0v) is 9.45. The van der Waals surface area contributed by atoms with Crippen LogP contribution in [0.2, 0.25) is 0 Å². The number of nitrogens with two attached hydrogens (primary N) is 1. The molecule has 0 aromatic heterocycles. The average Bonchev–Trinajstić information content (AvgIpc) is 2.18. The van der Waals surface area contributed by atoms with Crippen LogP contribution in [0.1, 0.15) is 26.7 Å². The van der Waals surface area contributed by atoms with Crippen molar-refractivity contribution in [2.75, 3.05) is 26.8 Å². The predicted octanol–water partition coefficient (Wildman–Crippen LogP) is 0.609. The van der Waals surface area contributed by atoms with Gasteiger partial charge in [0, 0.05) is 26.2 Å². The van der Waals surface area contributed by atoms with Crippen molar-refractivity contribution < 1.29 is 9.53 Å². The number of amides is 1. The fourth-order valence-electron chi connectivity index (χ4n) is 1.59. The van der Waals surface area contributed by atoms with Crippen molar-refractivity contribution in [3.63, 3.8) is 0 Å². The van der Waals surface area contributed by atoms with E-state index < -0.39 is 0 Å². The lowest BCUT2D eigenvalue weighted by Crippen LogP contribution is -2.44. The zero-order valence-electron chi connectivity index (χ0n) is 9.45.